The SMILES string of the molecule is COCCNC1(C)CN(C(=O)OC(C)(C)C)C1. The highest BCUT2D eigenvalue weighted by Crippen LogP contribution is 2.22. The van der Waals surface area contributed by atoms with Crippen molar-refractivity contribution in [2.75, 3.05) is 33.4 Å². The van der Waals surface area contributed by atoms with Crippen LogP contribution in [0.1, 0.15) is 27.7 Å². The Labute approximate surface area is 103 Å². The molecular weight excluding hydrogens is 220 g/mol. The highest BCUT2D eigenvalue weighted by Gasteiger charge is 2.42. The number of hydrogen-bond donors (Lipinski definition) is 1. The highest BCUT2D eigenvalue weighted by atomic mass is 16.6. The molecule has 0 aromatic rings. The Kier molecular flexibility index (Phi) is 4.38. The van der Waals surface area contributed by atoms with Gasteiger partial charge in [0.15, 0.2) is 0 Å². The van der Waals surface area contributed by atoms with Crippen molar-refractivity contribution in [2.45, 2.75) is 38.8 Å². The van der Waals surface area contributed by atoms with Gasteiger partial charge in [0.2, 0.25) is 0 Å². The first kappa shape index (κ1) is 14.3. The third kappa shape index (κ3) is 4.52. The number of carbonyl (C=O) groups excluding carboxylic acids is 1. The number of hydrogen-bond acceptors (Lipinski definition) is 4. The summed E-state index contributed by atoms with van der Waals surface area (Å²) in [6.07, 6.45) is -0.233. The monoisotopic (exact) mass is 244 g/mol. The molecule has 0 atom stereocenters. The van der Waals surface area contributed by atoms with Crippen LogP contribution in [0.25, 0.3) is 0 Å². The molecule has 0 aliphatic carbocycles. The maximum atomic E-state index is 11.7. The minimum absolute atomic E-state index is 0.00453. The number of nitrogens with one attached hydrogen (secondary N) is 1. The molecule has 1 fully saturated rings. The van der Waals surface area contributed by atoms with E-state index in [1.54, 1.807) is 12.0 Å². The minimum atomic E-state index is -0.424. The van der Waals surface area contributed by atoms with Crippen LogP contribution in [-0.4, -0.2) is 55.5 Å². The second-order valence-electron chi connectivity index (χ2n) is 5.82. The zero-order valence-electron chi connectivity index (χ0n) is 11.5. The molecule has 1 saturated heterocycles. The average molecular weight is 244 g/mol. The molecule has 0 radical (unpaired) electrons. The fraction of sp³-hybridized carbons (Fsp3) is 0.917. The number of ether oxygens (including phenoxy) is 2. The van der Waals surface area contributed by atoms with Crippen LogP contribution in [0.5, 0.6) is 0 Å². The summed E-state index contributed by atoms with van der Waals surface area (Å²) >= 11 is 0. The lowest BCUT2D eigenvalue weighted by Crippen LogP contribution is -2.69. The van der Waals surface area contributed by atoms with Gasteiger partial charge in [-0.2, -0.15) is 0 Å². The number of carbonyl (C=O) groups is 1. The summed E-state index contributed by atoms with van der Waals surface area (Å²) in [7, 11) is 1.68. The van der Waals surface area contributed by atoms with Crippen LogP contribution in [0.3, 0.4) is 0 Å². The molecule has 17 heavy (non-hydrogen) atoms. The molecule has 0 aromatic heterocycles. The Hall–Kier alpha value is -0.810. The molecule has 1 aliphatic rings. The van der Waals surface area contributed by atoms with Crippen LogP contribution in [0.4, 0.5) is 4.79 Å². The molecule has 5 heteroatoms. The fourth-order valence-electron chi connectivity index (χ4n) is 1.82. The van der Waals surface area contributed by atoms with E-state index < -0.39 is 5.60 Å². The van der Waals surface area contributed by atoms with Crippen molar-refractivity contribution in [3.05, 3.63) is 0 Å². The van der Waals surface area contributed by atoms with Crippen molar-refractivity contribution in [2.24, 2.45) is 0 Å². The normalized spacial score (nSPS) is 18.8. The van der Waals surface area contributed by atoms with E-state index in [-0.39, 0.29) is 11.6 Å². The van der Waals surface area contributed by atoms with E-state index >= 15 is 0 Å². The fourth-order valence-corrected chi connectivity index (χ4v) is 1.82. The van der Waals surface area contributed by atoms with Gasteiger partial charge < -0.3 is 19.7 Å². The maximum absolute atomic E-state index is 11.7. The minimum Gasteiger partial charge on any atom is -0.444 e. The van der Waals surface area contributed by atoms with E-state index in [1.165, 1.54) is 0 Å². The van der Waals surface area contributed by atoms with Crippen molar-refractivity contribution in [1.82, 2.24) is 10.2 Å². The molecule has 5 nitrogen and oxygen atoms in total. The molecule has 1 N–H and O–H groups in total. The lowest BCUT2D eigenvalue weighted by atomic mass is 9.93. The van der Waals surface area contributed by atoms with Crippen molar-refractivity contribution >= 4 is 6.09 Å². The Morgan fingerprint density at radius 1 is 1.41 bits per heavy atom. The number of nitrogens with zero attached hydrogens (tertiary/aromatic N) is 1. The van der Waals surface area contributed by atoms with Crippen LogP contribution in [0.2, 0.25) is 0 Å². The van der Waals surface area contributed by atoms with Gasteiger partial charge in [0, 0.05) is 26.7 Å². The predicted molar refractivity (Wildman–Crippen MR) is 66.1 cm³/mol. The van der Waals surface area contributed by atoms with Crippen molar-refractivity contribution in [1.29, 1.82) is 0 Å². The Bertz CT molecular complexity index is 267. The first-order valence-electron chi connectivity index (χ1n) is 5.98. The van der Waals surface area contributed by atoms with E-state index in [2.05, 4.69) is 12.2 Å². The topological polar surface area (TPSA) is 50.8 Å². The molecule has 1 heterocycles. The number of likely N-dealkylation sites (tertiary alicyclic amines) is 1. The Morgan fingerprint density at radius 3 is 2.47 bits per heavy atom. The van der Waals surface area contributed by atoms with E-state index in [1.807, 2.05) is 20.8 Å². The Balaban J connectivity index is 2.28. The lowest BCUT2D eigenvalue weighted by molar-refractivity contribution is -0.0132. The number of rotatable bonds is 4. The zero-order chi connectivity index (χ0) is 13.1. The average Bonchev–Trinajstić information content (AvgIpc) is 2.11. The second-order valence-corrected chi connectivity index (χ2v) is 5.82. The Morgan fingerprint density at radius 2 is 2.00 bits per heavy atom. The maximum Gasteiger partial charge on any atom is 0.410 e. The van der Waals surface area contributed by atoms with Crippen LogP contribution >= 0.6 is 0 Å². The number of amides is 1. The molecule has 0 spiro atoms. The number of methoxy groups -OCH3 is 1. The van der Waals surface area contributed by atoms with Crippen LogP contribution in [0.15, 0.2) is 0 Å². The van der Waals surface area contributed by atoms with Crippen LogP contribution in [0, 0.1) is 0 Å². The van der Waals surface area contributed by atoms with Gasteiger partial charge in [-0.1, -0.05) is 0 Å². The third-order valence-corrected chi connectivity index (χ3v) is 2.59. The standard InChI is InChI=1S/C12H24N2O3/c1-11(2,3)17-10(15)14-8-12(4,9-14)13-6-7-16-5/h13H,6-9H2,1-5H3. The molecule has 0 saturated carbocycles. The highest BCUT2D eigenvalue weighted by molar-refractivity contribution is 5.69. The van der Waals surface area contributed by atoms with Gasteiger partial charge in [-0.3, -0.25) is 0 Å². The summed E-state index contributed by atoms with van der Waals surface area (Å²) in [5, 5.41) is 3.37. The van der Waals surface area contributed by atoms with Gasteiger partial charge in [0.1, 0.15) is 5.60 Å². The van der Waals surface area contributed by atoms with Crippen molar-refractivity contribution in [3.8, 4) is 0 Å². The molecule has 0 unspecified atom stereocenters. The summed E-state index contributed by atoms with van der Waals surface area (Å²) in [6.45, 7) is 10.6. The zero-order valence-corrected chi connectivity index (χ0v) is 11.5. The van der Waals surface area contributed by atoms with Crippen LogP contribution < -0.4 is 5.32 Å². The van der Waals surface area contributed by atoms with Crippen molar-refractivity contribution in [3.63, 3.8) is 0 Å². The van der Waals surface area contributed by atoms with E-state index in [9.17, 15) is 4.79 Å². The molecule has 1 aliphatic heterocycles. The summed E-state index contributed by atoms with van der Waals surface area (Å²) in [6, 6.07) is 0. The predicted octanol–water partition coefficient (Wildman–Crippen LogP) is 1.23. The molecular formula is C12H24N2O3. The summed E-state index contributed by atoms with van der Waals surface area (Å²) < 4.78 is 10.3. The first-order valence-corrected chi connectivity index (χ1v) is 5.98. The first-order chi connectivity index (χ1) is 7.76. The molecule has 0 aromatic carbocycles. The van der Waals surface area contributed by atoms with Crippen molar-refractivity contribution < 1.29 is 14.3 Å². The largest absolute Gasteiger partial charge is 0.444 e. The molecule has 1 rings (SSSR count). The van der Waals surface area contributed by atoms with Gasteiger partial charge in [-0.25, -0.2) is 4.79 Å². The van der Waals surface area contributed by atoms with Gasteiger partial charge in [-0.15, -0.1) is 0 Å². The summed E-state index contributed by atoms with van der Waals surface area (Å²) in [5.74, 6) is 0. The second kappa shape index (κ2) is 5.23. The molecule has 100 valence electrons. The van der Waals surface area contributed by atoms with Gasteiger partial charge in [0.05, 0.1) is 12.1 Å². The molecule has 0 bridgehead atoms. The third-order valence-electron chi connectivity index (χ3n) is 2.59. The molecule has 1 amide bonds. The summed E-state index contributed by atoms with van der Waals surface area (Å²) in [5.41, 5.74) is -0.429. The van der Waals surface area contributed by atoms with E-state index in [0.29, 0.717) is 19.7 Å². The van der Waals surface area contributed by atoms with Gasteiger partial charge >= 0.3 is 6.09 Å². The van der Waals surface area contributed by atoms with E-state index in [0.717, 1.165) is 6.54 Å². The van der Waals surface area contributed by atoms with Gasteiger partial charge in [0.25, 0.3) is 0 Å². The van der Waals surface area contributed by atoms with Gasteiger partial charge in [-0.05, 0) is 27.7 Å². The summed E-state index contributed by atoms with van der Waals surface area (Å²) in [4.78, 5) is 13.4. The van der Waals surface area contributed by atoms with Crippen LogP contribution in [-0.2, 0) is 9.47 Å². The quantitative estimate of drug-likeness (QED) is 0.756. The lowest BCUT2D eigenvalue weighted by Gasteiger charge is -2.48. The van der Waals surface area contributed by atoms with E-state index in [4.69, 9.17) is 9.47 Å². The smallest absolute Gasteiger partial charge is 0.410 e.